The monoisotopic (exact) mass is 261 g/mol. The molecule has 2 aliphatic rings. The highest BCUT2D eigenvalue weighted by molar-refractivity contribution is 5.55. The summed E-state index contributed by atoms with van der Waals surface area (Å²) < 4.78 is 5.69. The molecule has 0 saturated heterocycles. The van der Waals surface area contributed by atoms with E-state index in [9.17, 15) is 0 Å². The van der Waals surface area contributed by atoms with Crippen LogP contribution in [0.4, 0.5) is 11.5 Å². The van der Waals surface area contributed by atoms with Gasteiger partial charge in [-0.15, -0.1) is 0 Å². The maximum absolute atomic E-state index is 5.94. The van der Waals surface area contributed by atoms with Gasteiger partial charge in [0.05, 0.1) is 11.8 Å². The molecule has 0 aliphatic heterocycles. The Labute approximate surface area is 115 Å². The van der Waals surface area contributed by atoms with Crippen molar-refractivity contribution in [3.05, 3.63) is 12.1 Å². The van der Waals surface area contributed by atoms with Gasteiger partial charge in [0, 0.05) is 12.6 Å². The van der Waals surface area contributed by atoms with Gasteiger partial charge in [0.15, 0.2) is 0 Å². The van der Waals surface area contributed by atoms with Gasteiger partial charge in [-0.3, -0.25) is 0 Å². The van der Waals surface area contributed by atoms with E-state index in [0.717, 1.165) is 18.3 Å². The van der Waals surface area contributed by atoms with Gasteiger partial charge in [-0.2, -0.15) is 4.98 Å². The maximum Gasteiger partial charge on any atom is 0.239 e. The van der Waals surface area contributed by atoms with Gasteiger partial charge in [0.1, 0.15) is 5.82 Å². The standard InChI is InChI=1S/C15H23N3O/c1-10(2)19-15-13(16)7-8-14(17-15)18(12-5-6-12)9-11-3-4-11/h7-8,10-12H,3-6,9,16H2,1-2H3. The Hall–Kier alpha value is -1.45. The average Bonchev–Trinajstić information content (AvgIpc) is 3.23. The third-order valence-corrected chi connectivity index (χ3v) is 3.66. The number of nitrogens with two attached hydrogens (primary N) is 1. The van der Waals surface area contributed by atoms with E-state index >= 15 is 0 Å². The molecule has 0 amide bonds. The van der Waals surface area contributed by atoms with Gasteiger partial charge in [0.25, 0.3) is 0 Å². The van der Waals surface area contributed by atoms with Crippen LogP contribution >= 0.6 is 0 Å². The molecule has 2 fully saturated rings. The summed E-state index contributed by atoms with van der Waals surface area (Å²) in [5, 5.41) is 0. The molecule has 4 nitrogen and oxygen atoms in total. The molecule has 2 saturated carbocycles. The quantitative estimate of drug-likeness (QED) is 0.855. The Morgan fingerprint density at radius 1 is 1.32 bits per heavy atom. The highest BCUT2D eigenvalue weighted by Crippen LogP contribution is 2.38. The Morgan fingerprint density at radius 3 is 2.63 bits per heavy atom. The SMILES string of the molecule is CC(C)Oc1nc(N(CC2CC2)C2CC2)ccc1N. The van der Waals surface area contributed by atoms with Crippen molar-refractivity contribution in [1.29, 1.82) is 0 Å². The summed E-state index contributed by atoms with van der Waals surface area (Å²) in [6.45, 7) is 5.13. The zero-order valence-corrected chi connectivity index (χ0v) is 11.8. The van der Waals surface area contributed by atoms with Crippen molar-refractivity contribution in [2.75, 3.05) is 17.2 Å². The summed E-state index contributed by atoms with van der Waals surface area (Å²) in [7, 11) is 0. The fourth-order valence-electron chi connectivity index (χ4n) is 2.31. The number of rotatable bonds is 6. The zero-order chi connectivity index (χ0) is 13.4. The van der Waals surface area contributed by atoms with Crippen molar-refractivity contribution in [3.63, 3.8) is 0 Å². The highest BCUT2D eigenvalue weighted by atomic mass is 16.5. The smallest absolute Gasteiger partial charge is 0.239 e. The Bertz CT molecular complexity index is 453. The van der Waals surface area contributed by atoms with Crippen LogP contribution in [0.1, 0.15) is 39.5 Å². The van der Waals surface area contributed by atoms with E-state index in [1.54, 1.807) is 0 Å². The predicted octanol–water partition coefficient (Wildman–Crippen LogP) is 2.83. The zero-order valence-electron chi connectivity index (χ0n) is 11.8. The first-order valence-electron chi connectivity index (χ1n) is 7.33. The molecule has 2 N–H and O–H groups in total. The largest absolute Gasteiger partial charge is 0.473 e. The normalized spacial score (nSPS) is 18.7. The second-order valence-electron chi connectivity index (χ2n) is 6.06. The van der Waals surface area contributed by atoms with Crippen LogP contribution in [-0.2, 0) is 0 Å². The van der Waals surface area contributed by atoms with E-state index in [4.69, 9.17) is 10.5 Å². The lowest BCUT2D eigenvalue weighted by Gasteiger charge is -2.24. The Morgan fingerprint density at radius 2 is 2.05 bits per heavy atom. The van der Waals surface area contributed by atoms with E-state index in [2.05, 4.69) is 9.88 Å². The molecule has 19 heavy (non-hydrogen) atoms. The third kappa shape index (κ3) is 3.11. The molecule has 0 unspecified atom stereocenters. The Balaban J connectivity index is 1.80. The van der Waals surface area contributed by atoms with Gasteiger partial charge in [0.2, 0.25) is 5.88 Å². The fourth-order valence-corrected chi connectivity index (χ4v) is 2.31. The molecule has 1 aromatic rings. The van der Waals surface area contributed by atoms with Crippen molar-refractivity contribution in [2.45, 2.75) is 51.7 Å². The average molecular weight is 261 g/mol. The van der Waals surface area contributed by atoms with Crippen LogP contribution in [0.25, 0.3) is 0 Å². The maximum atomic E-state index is 5.94. The minimum absolute atomic E-state index is 0.0999. The molecule has 3 rings (SSSR count). The van der Waals surface area contributed by atoms with E-state index in [-0.39, 0.29) is 6.10 Å². The second-order valence-corrected chi connectivity index (χ2v) is 6.06. The molecular formula is C15H23N3O. The van der Waals surface area contributed by atoms with Crippen LogP contribution < -0.4 is 15.4 Å². The molecule has 0 atom stereocenters. The lowest BCUT2D eigenvalue weighted by molar-refractivity contribution is 0.234. The lowest BCUT2D eigenvalue weighted by atomic mass is 10.3. The summed E-state index contributed by atoms with van der Waals surface area (Å²) in [6, 6.07) is 4.63. The van der Waals surface area contributed by atoms with E-state index in [1.807, 2.05) is 26.0 Å². The molecule has 4 heteroatoms. The molecule has 1 heterocycles. The minimum atomic E-state index is 0.0999. The first-order chi connectivity index (χ1) is 9.13. The summed E-state index contributed by atoms with van der Waals surface area (Å²) in [6.07, 6.45) is 5.42. The first kappa shape index (κ1) is 12.6. The number of pyridine rings is 1. The number of ether oxygens (including phenoxy) is 1. The molecule has 0 aromatic carbocycles. The first-order valence-corrected chi connectivity index (χ1v) is 7.33. The van der Waals surface area contributed by atoms with Gasteiger partial charge >= 0.3 is 0 Å². The van der Waals surface area contributed by atoms with E-state index in [0.29, 0.717) is 17.6 Å². The van der Waals surface area contributed by atoms with Gasteiger partial charge in [-0.05, 0) is 57.6 Å². The number of hydrogen-bond donors (Lipinski definition) is 1. The van der Waals surface area contributed by atoms with Crippen LogP contribution in [0.2, 0.25) is 0 Å². The molecule has 1 aromatic heterocycles. The van der Waals surface area contributed by atoms with Gasteiger partial charge in [-0.1, -0.05) is 0 Å². The van der Waals surface area contributed by atoms with E-state index < -0.39 is 0 Å². The van der Waals surface area contributed by atoms with Crippen LogP contribution in [-0.4, -0.2) is 23.7 Å². The lowest BCUT2D eigenvalue weighted by Crippen LogP contribution is -2.29. The van der Waals surface area contributed by atoms with Gasteiger partial charge in [-0.25, -0.2) is 0 Å². The summed E-state index contributed by atoms with van der Waals surface area (Å²) in [5.74, 6) is 2.47. The highest BCUT2D eigenvalue weighted by Gasteiger charge is 2.34. The third-order valence-electron chi connectivity index (χ3n) is 3.66. The Kier molecular flexibility index (Phi) is 3.25. The van der Waals surface area contributed by atoms with Crippen molar-refractivity contribution in [3.8, 4) is 5.88 Å². The number of nitrogens with zero attached hydrogens (tertiary/aromatic N) is 2. The number of nitrogen functional groups attached to an aromatic ring is 1. The minimum Gasteiger partial charge on any atom is -0.473 e. The van der Waals surface area contributed by atoms with Crippen molar-refractivity contribution in [1.82, 2.24) is 4.98 Å². The predicted molar refractivity (Wildman–Crippen MR) is 77.5 cm³/mol. The molecule has 0 radical (unpaired) electrons. The molecule has 0 bridgehead atoms. The van der Waals surface area contributed by atoms with E-state index in [1.165, 1.54) is 25.7 Å². The second kappa shape index (κ2) is 4.91. The van der Waals surface area contributed by atoms with Crippen LogP contribution in [0, 0.1) is 5.92 Å². The molecular weight excluding hydrogens is 238 g/mol. The van der Waals surface area contributed by atoms with Crippen molar-refractivity contribution in [2.24, 2.45) is 5.92 Å². The fraction of sp³-hybridized carbons (Fsp3) is 0.667. The summed E-state index contributed by atoms with van der Waals surface area (Å²) >= 11 is 0. The number of aromatic nitrogens is 1. The van der Waals surface area contributed by atoms with Crippen molar-refractivity contribution >= 4 is 11.5 Å². The van der Waals surface area contributed by atoms with Gasteiger partial charge < -0.3 is 15.4 Å². The van der Waals surface area contributed by atoms with Crippen molar-refractivity contribution < 1.29 is 4.74 Å². The number of anilines is 2. The van der Waals surface area contributed by atoms with Crippen LogP contribution in [0.5, 0.6) is 5.88 Å². The molecule has 0 spiro atoms. The summed E-state index contributed by atoms with van der Waals surface area (Å²) in [5.41, 5.74) is 6.56. The number of hydrogen-bond acceptors (Lipinski definition) is 4. The van der Waals surface area contributed by atoms with Crippen LogP contribution in [0.15, 0.2) is 12.1 Å². The molecule has 2 aliphatic carbocycles. The molecule has 104 valence electrons. The topological polar surface area (TPSA) is 51.4 Å². The van der Waals surface area contributed by atoms with Crippen LogP contribution in [0.3, 0.4) is 0 Å². The summed E-state index contributed by atoms with van der Waals surface area (Å²) in [4.78, 5) is 7.08.